The Balaban J connectivity index is 2.61. The number of pyridine rings is 1. The van der Waals surface area contributed by atoms with Crippen molar-refractivity contribution in [2.45, 2.75) is 32.4 Å². The highest BCUT2D eigenvalue weighted by molar-refractivity contribution is 6.03. The Kier molecular flexibility index (Phi) is 3.40. The van der Waals surface area contributed by atoms with Crippen LogP contribution in [0, 0.1) is 0 Å². The van der Waals surface area contributed by atoms with Crippen LogP contribution in [0.15, 0.2) is 42.6 Å². The number of fused-ring (bicyclic) bond motifs is 2. The highest BCUT2D eigenvalue weighted by atomic mass is 19.4. The highest BCUT2D eigenvalue weighted by Crippen LogP contribution is 2.41. The predicted octanol–water partition coefficient (Wildman–Crippen LogP) is 5.13. The van der Waals surface area contributed by atoms with Gasteiger partial charge in [-0.2, -0.15) is 13.2 Å². The van der Waals surface area contributed by atoms with E-state index in [0.29, 0.717) is 10.8 Å². The smallest absolute Gasteiger partial charge is 0.204 e. The van der Waals surface area contributed by atoms with E-state index in [4.69, 9.17) is 0 Å². The molecule has 0 atom stereocenters. The van der Waals surface area contributed by atoms with Crippen molar-refractivity contribution >= 4 is 21.5 Å². The molecule has 23 heavy (non-hydrogen) atoms. The van der Waals surface area contributed by atoms with E-state index in [1.807, 2.05) is 38.5 Å². The van der Waals surface area contributed by atoms with Crippen molar-refractivity contribution < 1.29 is 17.7 Å². The molecule has 0 radical (unpaired) electrons. The second-order valence-corrected chi connectivity index (χ2v) is 6.96. The van der Waals surface area contributed by atoms with Crippen LogP contribution in [0.4, 0.5) is 13.2 Å². The molecule has 4 heteroatoms. The number of alkyl halides is 3. The van der Waals surface area contributed by atoms with Gasteiger partial charge in [0, 0.05) is 16.9 Å². The maximum Gasteiger partial charge on any atom is 0.417 e. The van der Waals surface area contributed by atoms with E-state index in [1.54, 1.807) is 36.5 Å². The van der Waals surface area contributed by atoms with Gasteiger partial charge in [-0.1, -0.05) is 45.0 Å². The molecule has 0 fully saturated rings. The Hall–Kier alpha value is -2.10. The molecule has 0 saturated heterocycles. The molecular weight excluding hydrogens is 299 g/mol. The minimum Gasteiger partial charge on any atom is -0.204 e. The van der Waals surface area contributed by atoms with Gasteiger partial charge in [0.1, 0.15) is 7.05 Å². The van der Waals surface area contributed by atoms with Crippen LogP contribution in [0.5, 0.6) is 0 Å². The first-order chi connectivity index (χ1) is 10.6. The topological polar surface area (TPSA) is 3.88 Å². The van der Waals surface area contributed by atoms with E-state index in [0.717, 1.165) is 5.69 Å². The summed E-state index contributed by atoms with van der Waals surface area (Å²) in [5, 5.41) is 1.79. The second kappa shape index (κ2) is 4.95. The van der Waals surface area contributed by atoms with Crippen molar-refractivity contribution in [3.05, 3.63) is 53.9 Å². The van der Waals surface area contributed by atoms with Crippen LogP contribution in [-0.2, 0) is 18.6 Å². The average Bonchev–Trinajstić information content (AvgIpc) is 2.41. The lowest BCUT2D eigenvalue weighted by Gasteiger charge is -2.20. The van der Waals surface area contributed by atoms with Gasteiger partial charge in [0.2, 0.25) is 0 Å². The summed E-state index contributed by atoms with van der Waals surface area (Å²) in [6.45, 7) is 6.05. The Labute approximate surface area is 133 Å². The van der Waals surface area contributed by atoms with Gasteiger partial charge in [0.15, 0.2) is 11.9 Å². The standard InChI is InChI=1S/C19H19F3N/c1-18(2,3)17-15-11-12-7-5-6-8-13(12)16(19(20,21)22)14(15)9-10-23(17)4/h5-11H,1-4H3/q+1. The molecule has 3 aromatic rings. The molecule has 0 saturated carbocycles. The van der Waals surface area contributed by atoms with Gasteiger partial charge >= 0.3 is 6.18 Å². The lowest BCUT2D eigenvalue weighted by Crippen LogP contribution is -2.39. The lowest BCUT2D eigenvalue weighted by atomic mass is 9.85. The Morgan fingerprint density at radius 2 is 1.52 bits per heavy atom. The van der Waals surface area contributed by atoms with Crippen LogP contribution < -0.4 is 4.57 Å². The van der Waals surface area contributed by atoms with E-state index in [9.17, 15) is 13.2 Å². The zero-order chi connectivity index (χ0) is 17.0. The van der Waals surface area contributed by atoms with Crippen LogP contribution in [0.25, 0.3) is 21.5 Å². The zero-order valence-corrected chi connectivity index (χ0v) is 13.6. The second-order valence-electron chi connectivity index (χ2n) is 6.96. The lowest BCUT2D eigenvalue weighted by molar-refractivity contribution is -0.680. The van der Waals surface area contributed by atoms with Crippen LogP contribution in [0.3, 0.4) is 0 Å². The molecule has 0 unspecified atom stereocenters. The number of hydrogen-bond acceptors (Lipinski definition) is 0. The molecule has 1 heterocycles. The van der Waals surface area contributed by atoms with Crippen LogP contribution in [0.1, 0.15) is 32.0 Å². The number of hydrogen-bond donors (Lipinski definition) is 0. The summed E-state index contributed by atoms with van der Waals surface area (Å²) in [4.78, 5) is 0. The van der Waals surface area contributed by atoms with Crippen molar-refractivity contribution in [1.29, 1.82) is 0 Å². The maximum absolute atomic E-state index is 13.8. The van der Waals surface area contributed by atoms with Crippen LogP contribution in [-0.4, -0.2) is 0 Å². The largest absolute Gasteiger partial charge is 0.417 e. The van der Waals surface area contributed by atoms with Crippen molar-refractivity contribution in [1.82, 2.24) is 0 Å². The van der Waals surface area contributed by atoms with Gasteiger partial charge in [-0.15, -0.1) is 0 Å². The zero-order valence-electron chi connectivity index (χ0n) is 13.6. The fraction of sp³-hybridized carbons (Fsp3) is 0.316. The first-order valence-corrected chi connectivity index (χ1v) is 7.52. The van der Waals surface area contributed by atoms with Gasteiger partial charge in [-0.25, -0.2) is 4.57 Å². The number of aryl methyl sites for hydroxylation is 1. The van der Waals surface area contributed by atoms with Gasteiger partial charge in [-0.3, -0.25) is 0 Å². The Morgan fingerprint density at radius 3 is 2.13 bits per heavy atom. The minimum absolute atomic E-state index is 0.251. The predicted molar refractivity (Wildman–Crippen MR) is 86.3 cm³/mol. The third-order valence-electron chi connectivity index (χ3n) is 4.16. The van der Waals surface area contributed by atoms with Gasteiger partial charge in [0.05, 0.1) is 10.9 Å². The van der Waals surface area contributed by atoms with Crippen molar-refractivity contribution in [2.75, 3.05) is 0 Å². The molecule has 1 aromatic heterocycles. The fourth-order valence-corrected chi connectivity index (χ4v) is 3.42. The number of rotatable bonds is 0. The quantitative estimate of drug-likeness (QED) is 0.399. The summed E-state index contributed by atoms with van der Waals surface area (Å²) < 4.78 is 43.2. The molecule has 0 bridgehead atoms. The molecule has 0 aliphatic carbocycles. The summed E-state index contributed by atoms with van der Waals surface area (Å²) in [7, 11) is 1.88. The number of benzene rings is 2. The molecule has 0 aliphatic heterocycles. The number of halogens is 3. The Bertz CT molecular complexity index is 902. The molecule has 3 rings (SSSR count). The van der Waals surface area contributed by atoms with Crippen LogP contribution in [0.2, 0.25) is 0 Å². The van der Waals surface area contributed by atoms with Crippen molar-refractivity contribution in [3.8, 4) is 0 Å². The average molecular weight is 318 g/mol. The van der Waals surface area contributed by atoms with E-state index >= 15 is 0 Å². The Morgan fingerprint density at radius 1 is 0.870 bits per heavy atom. The molecular formula is C19H19F3N+. The first-order valence-electron chi connectivity index (χ1n) is 7.52. The van der Waals surface area contributed by atoms with E-state index in [-0.39, 0.29) is 16.2 Å². The highest BCUT2D eigenvalue weighted by Gasteiger charge is 2.37. The summed E-state index contributed by atoms with van der Waals surface area (Å²) in [6, 6.07) is 10.1. The van der Waals surface area contributed by atoms with E-state index < -0.39 is 11.7 Å². The summed E-state index contributed by atoms with van der Waals surface area (Å²) in [6.07, 6.45) is -2.68. The molecule has 0 aliphatic rings. The molecule has 120 valence electrons. The maximum atomic E-state index is 13.8. The van der Waals surface area contributed by atoms with Crippen molar-refractivity contribution in [3.63, 3.8) is 0 Å². The SMILES string of the molecule is C[n+]1ccc2c(C(F)(F)F)c3ccccc3cc2c1C(C)(C)C. The first kappa shape index (κ1) is 15.8. The van der Waals surface area contributed by atoms with Gasteiger partial charge in [-0.05, 0) is 16.8 Å². The third-order valence-corrected chi connectivity index (χ3v) is 4.16. The molecule has 0 spiro atoms. The van der Waals surface area contributed by atoms with Crippen LogP contribution >= 0.6 is 0 Å². The summed E-state index contributed by atoms with van der Waals surface area (Å²) >= 11 is 0. The fourth-order valence-electron chi connectivity index (χ4n) is 3.42. The number of nitrogens with zero attached hydrogens (tertiary/aromatic N) is 1. The normalized spacial score (nSPS) is 13.0. The third kappa shape index (κ3) is 2.56. The van der Waals surface area contributed by atoms with Crippen molar-refractivity contribution in [2.24, 2.45) is 7.05 Å². The molecule has 1 nitrogen and oxygen atoms in total. The van der Waals surface area contributed by atoms with E-state index in [2.05, 4.69) is 0 Å². The monoisotopic (exact) mass is 318 g/mol. The number of aromatic nitrogens is 1. The summed E-state index contributed by atoms with van der Waals surface area (Å²) in [5.41, 5.74) is 0.0857. The summed E-state index contributed by atoms with van der Waals surface area (Å²) in [5.74, 6) is 0. The minimum atomic E-state index is -4.39. The molecule has 0 N–H and O–H groups in total. The van der Waals surface area contributed by atoms with Gasteiger partial charge < -0.3 is 0 Å². The molecule has 0 amide bonds. The van der Waals surface area contributed by atoms with Gasteiger partial charge in [0.25, 0.3) is 0 Å². The van der Waals surface area contributed by atoms with E-state index in [1.165, 1.54) is 0 Å². The molecule has 2 aromatic carbocycles.